The molecule has 0 aromatic heterocycles. The fourth-order valence-corrected chi connectivity index (χ4v) is 2.40. The van der Waals surface area contributed by atoms with Gasteiger partial charge in [-0.25, -0.2) is 9.18 Å². The van der Waals surface area contributed by atoms with Crippen LogP contribution in [0.4, 0.5) is 9.18 Å². The number of hydrogen-bond donors (Lipinski definition) is 1. The number of rotatable bonds is 2. The second-order valence-corrected chi connectivity index (χ2v) is 6.41. The van der Waals surface area contributed by atoms with Crippen LogP contribution >= 0.6 is 0 Å². The van der Waals surface area contributed by atoms with Crippen molar-refractivity contribution in [2.24, 2.45) is 0 Å². The first-order valence-corrected chi connectivity index (χ1v) is 7.29. The molecule has 0 saturated carbocycles. The van der Waals surface area contributed by atoms with Crippen LogP contribution in [0.25, 0.3) is 0 Å². The molecule has 1 aliphatic heterocycles. The van der Waals surface area contributed by atoms with Gasteiger partial charge in [-0.05, 0) is 44.9 Å². The normalized spacial score (nSPS) is 19.4. The van der Waals surface area contributed by atoms with Gasteiger partial charge >= 0.3 is 6.09 Å². The molecule has 0 aliphatic carbocycles. The Labute approximate surface area is 125 Å². The lowest BCUT2D eigenvalue weighted by molar-refractivity contribution is 0.0195. The topological polar surface area (TPSA) is 41.6 Å². The van der Waals surface area contributed by atoms with Crippen molar-refractivity contribution in [3.8, 4) is 0 Å². The number of hydrogen-bond acceptors (Lipinski definition) is 3. The Morgan fingerprint density at radius 2 is 2.24 bits per heavy atom. The van der Waals surface area contributed by atoms with Crippen molar-refractivity contribution in [3.05, 3.63) is 35.6 Å². The molecule has 1 aliphatic rings. The van der Waals surface area contributed by atoms with Gasteiger partial charge in [0.15, 0.2) is 0 Å². The summed E-state index contributed by atoms with van der Waals surface area (Å²) in [6.07, 6.45) is 0.407. The van der Waals surface area contributed by atoms with Gasteiger partial charge in [-0.15, -0.1) is 0 Å². The molecule has 1 heterocycles. The van der Waals surface area contributed by atoms with Gasteiger partial charge in [0, 0.05) is 25.7 Å². The molecule has 1 aromatic rings. The molecule has 1 fully saturated rings. The minimum atomic E-state index is -0.486. The van der Waals surface area contributed by atoms with Crippen LogP contribution in [0.1, 0.15) is 26.3 Å². The van der Waals surface area contributed by atoms with Gasteiger partial charge in [-0.1, -0.05) is 12.1 Å². The zero-order valence-electron chi connectivity index (χ0n) is 12.9. The number of ether oxygens (including phenoxy) is 1. The first kappa shape index (κ1) is 15.8. The highest BCUT2D eigenvalue weighted by Gasteiger charge is 2.27. The van der Waals surface area contributed by atoms with Gasteiger partial charge in [0.2, 0.25) is 0 Å². The second kappa shape index (κ2) is 6.43. The first-order valence-electron chi connectivity index (χ1n) is 7.29. The summed E-state index contributed by atoms with van der Waals surface area (Å²) < 4.78 is 18.6. The highest BCUT2D eigenvalue weighted by atomic mass is 19.1. The molecule has 0 spiro atoms. The van der Waals surface area contributed by atoms with Gasteiger partial charge < -0.3 is 15.0 Å². The minimum absolute atomic E-state index is 0.119. The lowest BCUT2D eigenvalue weighted by atomic mass is 10.0. The fourth-order valence-electron chi connectivity index (χ4n) is 2.40. The average molecular weight is 294 g/mol. The van der Waals surface area contributed by atoms with Crippen LogP contribution in [0, 0.1) is 5.82 Å². The largest absolute Gasteiger partial charge is 0.444 e. The molecule has 1 amide bonds. The molecule has 21 heavy (non-hydrogen) atoms. The van der Waals surface area contributed by atoms with E-state index >= 15 is 0 Å². The van der Waals surface area contributed by atoms with Crippen molar-refractivity contribution in [1.82, 2.24) is 10.2 Å². The lowest BCUT2D eigenvalue weighted by Gasteiger charge is -2.35. The molecule has 0 bridgehead atoms. The third kappa shape index (κ3) is 5.01. The van der Waals surface area contributed by atoms with Crippen molar-refractivity contribution in [3.63, 3.8) is 0 Å². The second-order valence-electron chi connectivity index (χ2n) is 6.41. The van der Waals surface area contributed by atoms with Crippen LogP contribution in [-0.2, 0) is 11.2 Å². The van der Waals surface area contributed by atoms with E-state index in [2.05, 4.69) is 5.32 Å². The Morgan fingerprint density at radius 1 is 1.48 bits per heavy atom. The molecule has 5 heteroatoms. The van der Waals surface area contributed by atoms with Crippen LogP contribution in [0.5, 0.6) is 0 Å². The maximum atomic E-state index is 13.2. The quantitative estimate of drug-likeness (QED) is 0.911. The molecule has 1 N–H and O–H groups in total. The Morgan fingerprint density at radius 3 is 2.90 bits per heavy atom. The molecule has 1 atom stereocenters. The van der Waals surface area contributed by atoms with Crippen molar-refractivity contribution in [2.45, 2.75) is 38.8 Å². The number of amides is 1. The van der Waals surface area contributed by atoms with Crippen molar-refractivity contribution < 1.29 is 13.9 Å². The molecule has 2 rings (SSSR count). The molecule has 0 radical (unpaired) electrons. The molecule has 1 saturated heterocycles. The maximum absolute atomic E-state index is 13.2. The predicted octanol–water partition coefficient (Wildman–Crippen LogP) is 2.58. The summed E-state index contributed by atoms with van der Waals surface area (Å²) in [5.41, 5.74) is 0.443. The molecular weight excluding hydrogens is 271 g/mol. The van der Waals surface area contributed by atoms with Crippen molar-refractivity contribution in [1.29, 1.82) is 0 Å². The van der Waals surface area contributed by atoms with Gasteiger partial charge in [0.25, 0.3) is 0 Å². The zero-order valence-corrected chi connectivity index (χ0v) is 12.9. The molecule has 4 nitrogen and oxygen atoms in total. The Bertz CT molecular complexity index is 499. The van der Waals surface area contributed by atoms with E-state index in [1.807, 2.05) is 26.8 Å². The molecule has 116 valence electrons. The molecular formula is C16H23FN2O2. The lowest BCUT2D eigenvalue weighted by Crippen LogP contribution is -2.54. The molecule has 1 aromatic carbocycles. The highest BCUT2D eigenvalue weighted by molar-refractivity contribution is 5.68. The Hall–Kier alpha value is -1.62. The highest BCUT2D eigenvalue weighted by Crippen LogP contribution is 2.13. The van der Waals surface area contributed by atoms with Gasteiger partial charge in [-0.3, -0.25) is 0 Å². The van der Waals surface area contributed by atoms with Crippen LogP contribution in [0.2, 0.25) is 0 Å². The summed E-state index contributed by atoms with van der Waals surface area (Å²) in [6.45, 7) is 7.51. The summed E-state index contributed by atoms with van der Waals surface area (Å²) in [5.74, 6) is -0.229. The Kier molecular flexibility index (Phi) is 4.83. The number of carbonyl (C=O) groups excluding carboxylic acids is 1. The van der Waals surface area contributed by atoms with Crippen LogP contribution < -0.4 is 5.32 Å². The summed E-state index contributed by atoms with van der Waals surface area (Å²) in [6, 6.07) is 6.70. The van der Waals surface area contributed by atoms with E-state index < -0.39 is 5.60 Å². The number of nitrogens with one attached hydrogen (secondary N) is 1. The monoisotopic (exact) mass is 294 g/mol. The summed E-state index contributed by atoms with van der Waals surface area (Å²) in [7, 11) is 0. The standard InChI is InChI=1S/C16H23FN2O2/c1-16(2,3)21-15(20)19-8-7-18-14(11-19)10-12-5-4-6-13(17)9-12/h4-6,9,14,18H,7-8,10-11H2,1-3H3. The number of carbonyl (C=O) groups is 1. The van der Waals surface area contributed by atoms with Crippen LogP contribution in [0.15, 0.2) is 24.3 Å². The first-order chi connectivity index (χ1) is 9.83. The SMILES string of the molecule is CC(C)(C)OC(=O)N1CCNC(Cc2cccc(F)c2)C1. The van der Waals surface area contributed by atoms with Gasteiger partial charge in [-0.2, -0.15) is 0 Å². The Balaban J connectivity index is 1.93. The summed E-state index contributed by atoms with van der Waals surface area (Å²) in [4.78, 5) is 13.8. The van der Waals surface area contributed by atoms with Crippen molar-refractivity contribution >= 4 is 6.09 Å². The van der Waals surface area contributed by atoms with Crippen molar-refractivity contribution in [2.75, 3.05) is 19.6 Å². The van der Waals surface area contributed by atoms with Crippen LogP contribution in [0.3, 0.4) is 0 Å². The van der Waals surface area contributed by atoms with E-state index in [0.717, 1.165) is 12.1 Å². The zero-order chi connectivity index (χ0) is 15.5. The molecule has 1 unspecified atom stereocenters. The van der Waals surface area contributed by atoms with E-state index in [0.29, 0.717) is 19.5 Å². The van der Waals surface area contributed by atoms with Crippen LogP contribution in [-0.4, -0.2) is 42.3 Å². The summed E-state index contributed by atoms with van der Waals surface area (Å²) >= 11 is 0. The third-order valence-electron chi connectivity index (χ3n) is 3.28. The van der Waals surface area contributed by atoms with Gasteiger partial charge in [0.05, 0.1) is 0 Å². The number of nitrogens with zero attached hydrogens (tertiary/aromatic N) is 1. The predicted molar refractivity (Wildman–Crippen MR) is 79.7 cm³/mol. The fraction of sp³-hybridized carbons (Fsp3) is 0.562. The average Bonchev–Trinajstić information content (AvgIpc) is 2.37. The number of halogens is 1. The van der Waals surface area contributed by atoms with Gasteiger partial charge in [0.1, 0.15) is 11.4 Å². The minimum Gasteiger partial charge on any atom is -0.444 e. The third-order valence-corrected chi connectivity index (χ3v) is 3.28. The smallest absolute Gasteiger partial charge is 0.410 e. The van der Waals surface area contributed by atoms with E-state index in [4.69, 9.17) is 4.74 Å². The summed E-state index contributed by atoms with van der Waals surface area (Å²) in [5, 5.41) is 3.36. The van der Waals surface area contributed by atoms with E-state index in [-0.39, 0.29) is 18.0 Å². The van der Waals surface area contributed by atoms with E-state index in [1.54, 1.807) is 11.0 Å². The van der Waals surface area contributed by atoms with E-state index in [9.17, 15) is 9.18 Å². The maximum Gasteiger partial charge on any atom is 0.410 e. The number of benzene rings is 1. The number of piperazine rings is 1. The van der Waals surface area contributed by atoms with E-state index in [1.165, 1.54) is 12.1 Å².